The lowest BCUT2D eigenvalue weighted by Crippen LogP contribution is -2.31. The van der Waals surface area contributed by atoms with Crippen molar-refractivity contribution >= 4 is 29.2 Å². The fraction of sp³-hybridized carbons (Fsp3) is 0.300. The summed E-state index contributed by atoms with van der Waals surface area (Å²) in [5, 5.41) is 3.30. The summed E-state index contributed by atoms with van der Waals surface area (Å²) in [6, 6.07) is 12.9. The highest BCUT2D eigenvalue weighted by atomic mass is 35.5. The number of hydrogen-bond acceptors (Lipinski definition) is 4. The molecule has 1 amide bonds. The summed E-state index contributed by atoms with van der Waals surface area (Å²) in [6.07, 6.45) is 1.42. The topological polar surface area (TPSA) is 64.6 Å². The van der Waals surface area contributed by atoms with E-state index in [1.165, 1.54) is 5.56 Å². The summed E-state index contributed by atoms with van der Waals surface area (Å²) in [7, 11) is 0. The second kappa shape index (κ2) is 8.23. The van der Waals surface area contributed by atoms with E-state index in [0.717, 1.165) is 17.7 Å². The summed E-state index contributed by atoms with van der Waals surface area (Å²) in [4.78, 5) is 24.2. The van der Waals surface area contributed by atoms with Crippen molar-refractivity contribution in [1.82, 2.24) is 0 Å². The molecule has 1 atom stereocenters. The number of anilines is 1. The van der Waals surface area contributed by atoms with Crippen molar-refractivity contribution in [2.24, 2.45) is 5.92 Å². The monoisotopic (exact) mass is 373 g/mol. The number of halogens is 1. The van der Waals surface area contributed by atoms with Crippen molar-refractivity contribution in [2.45, 2.75) is 19.8 Å². The van der Waals surface area contributed by atoms with Crippen molar-refractivity contribution < 1.29 is 19.1 Å². The highest BCUT2D eigenvalue weighted by Crippen LogP contribution is 2.30. The van der Waals surface area contributed by atoms with E-state index in [0.29, 0.717) is 17.1 Å². The molecule has 0 bridgehead atoms. The molecule has 6 heteroatoms. The molecule has 2 aromatic rings. The number of rotatable bonds is 5. The van der Waals surface area contributed by atoms with Crippen LogP contribution in [0.2, 0.25) is 5.02 Å². The number of esters is 1. The summed E-state index contributed by atoms with van der Waals surface area (Å²) in [5.74, 6) is -0.542. The van der Waals surface area contributed by atoms with E-state index >= 15 is 0 Å². The van der Waals surface area contributed by atoms with Gasteiger partial charge < -0.3 is 14.8 Å². The highest BCUT2D eigenvalue weighted by Gasteiger charge is 2.27. The summed E-state index contributed by atoms with van der Waals surface area (Å²) in [6.45, 7) is 1.97. The molecule has 3 rings (SSSR count). The molecule has 5 nitrogen and oxygen atoms in total. The van der Waals surface area contributed by atoms with Crippen LogP contribution in [0.5, 0.6) is 5.75 Å². The first-order valence-electron chi connectivity index (χ1n) is 8.52. The van der Waals surface area contributed by atoms with Crippen LogP contribution in [0.1, 0.15) is 18.1 Å². The number of ether oxygens (including phenoxy) is 2. The molecule has 1 aliphatic heterocycles. The van der Waals surface area contributed by atoms with Crippen molar-refractivity contribution in [1.29, 1.82) is 0 Å². The largest absolute Gasteiger partial charge is 0.492 e. The van der Waals surface area contributed by atoms with E-state index < -0.39 is 11.9 Å². The third-order valence-electron chi connectivity index (χ3n) is 4.25. The zero-order chi connectivity index (χ0) is 18.5. The van der Waals surface area contributed by atoms with Crippen LogP contribution in [0.15, 0.2) is 42.5 Å². The van der Waals surface area contributed by atoms with Crippen molar-refractivity contribution in [3.8, 4) is 5.75 Å². The smallest absolute Gasteiger partial charge is 0.313 e. The van der Waals surface area contributed by atoms with Gasteiger partial charge in [-0.2, -0.15) is 0 Å². The van der Waals surface area contributed by atoms with E-state index in [4.69, 9.17) is 21.1 Å². The van der Waals surface area contributed by atoms with Crippen LogP contribution < -0.4 is 10.1 Å². The Hall–Kier alpha value is -2.53. The lowest BCUT2D eigenvalue weighted by molar-refractivity contribution is -0.152. The fourth-order valence-corrected chi connectivity index (χ4v) is 2.98. The molecule has 0 saturated carbocycles. The van der Waals surface area contributed by atoms with Gasteiger partial charge in [-0.3, -0.25) is 9.59 Å². The minimum atomic E-state index is -0.452. The molecule has 1 N–H and O–H groups in total. The Labute approximate surface area is 157 Å². The van der Waals surface area contributed by atoms with Crippen LogP contribution >= 0.6 is 11.6 Å². The predicted molar refractivity (Wildman–Crippen MR) is 99.5 cm³/mol. The SMILES string of the molecule is CCc1ccc(NC(=O)COC(=O)[C@@H]2COc3ccc(Cl)cc3C2)cc1. The number of fused-ring (bicyclic) bond motifs is 1. The van der Waals surface area contributed by atoms with Gasteiger partial charge in [-0.05, 0) is 54.3 Å². The average molecular weight is 374 g/mol. The zero-order valence-corrected chi connectivity index (χ0v) is 15.2. The Balaban J connectivity index is 1.49. The standard InChI is InChI=1S/C20H20ClNO4/c1-2-13-3-6-17(7-4-13)22-19(23)12-26-20(24)15-9-14-10-16(21)5-8-18(14)25-11-15/h3-8,10,15H,2,9,11-12H2,1H3,(H,22,23)/t15-/m0/s1. The Kier molecular flexibility index (Phi) is 5.78. The first-order valence-corrected chi connectivity index (χ1v) is 8.89. The molecule has 0 spiro atoms. The summed E-state index contributed by atoms with van der Waals surface area (Å²) < 4.78 is 10.7. The van der Waals surface area contributed by atoms with Gasteiger partial charge in [0.25, 0.3) is 5.91 Å². The second-order valence-corrected chi connectivity index (χ2v) is 6.61. The first-order chi connectivity index (χ1) is 12.5. The van der Waals surface area contributed by atoms with Gasteiger partial charge in [0.1, 0.15) is 12.4 Å². The lowest BCUT2D eigenvalue weighted by Gasteiger charge is -2.24. The third kappa shape index (κ3) is 4.55. The third-order valence-corrected chi connectivity index (χ3v) is 4.49. The first kappa shape index (κ1) is 18.3. The van der Waals surface area contributed by atoms with Crippen molar-refractivity contribution in [3.05, 3.63) is 58.6 Å². The molecule has 136 valence electrons. The molecule has 0 saturated heterocycles. The molecule has 0 aromatic heterocycles. The van der Waals surface area contributed by atoms with Gasteiger partial charge in [-0.25, -0.2) is 0 Å². The molecule has 0 radical (unpaired) electrons. The van der Waals surface area contributed by atoms with Crippen LogP contribution in [-0.2, 0) is 27.2 Å². The molecular weight excluding hydrogens is 354 g/mol. The van der Waals surface area contributed by atoms with Crippen LogP contribution in [0.4, 0.5) is 5.69 Å². The molecule has 1 heterocycles. The van der Waals surface area contributed by atoms with Crippen LogP contribution in [0, 0.1) is 5.92 Å². The van der Waals surface area contributed by atoms with E-state index in [-0.39, 0.29) is 19.1 Å². The Morgan fingerprint density at radius 3 is 2.73 bits per heavy atom. The van der Waals surface area contributed by atoms with Crippen molar-refractivity contribution in [2.75, 3.05) is 18.5 Å². The second-order valence-electron chi connectivity index (χ2n) is 6.17. The van der Waals surface area contributed by atoms with Crippen LogP contribution in [-0.4, -0.2) is 25.1 Å². The number of carbonyl (C=O) groups is 2. The van der Waals surface area contributed by atoms with Crippen LogP contribution in [0.25, 0.3) is 0 Å². The van der Waals surface area contributed by atoms with Gasteiger partial charge in [0.15, 0.2) is 6.61 Å². The van der Waals surface area contributed by atoms with Gasteiger partial charge in [0.05, 0.1) is 5.92 Å². The maximum Gasteiger partial charge on any atom is 0.313 e. The Morgan fingerprint density at radius 2 is 2.00 bits per heavy atom. The van der Waals surface area contributed by atoms with Gasteiger partial charge in [0.2, 0.25) is 0 Å². The number of carbonyl (C=O) groups excluding carboxylic acids is 2. The highest BCUT2D eigenvalue weighted by molar-refractivity contribution is 6.30. The Bertz CT molecular complexity index is 804. The normalized spacial score (nSPS) is 15.5. The van der Waals surface area contributed by atoms with E-state index in [9.17, 15) is 9.59 Å². The minimum Gasteiger partial charge on any atom is -0.492 e. The molecule has 1 aliphatic rings. The van der Waals surface area contributed by atoms with Gasteiger partial charge in [0, 0.05) is 10.7 Å². The maximum atomic E-state index is 12.2. The molecule has 26 heavy (non-hydrogen) atoms. The van der Waals surface area contributed by atoms with Gasteiger partial charge in [-0.1, -0.05) is 30.7 Å². The minimum absolute atomic E-state index is 0.230. The predicted octanol–water partition coefficient (Wildman–Crippen LogP) is 3.64. The number of amides is 1. The zero-order valence-electron chi connectivity index (χ0n) is 14.5. The van der Waals surface area contributed by atoms with E-state index in [1.807, 2.05) is 24.3 Å². The lowest BCUT2D eigenvalue weighted by atomic mass is 9.97. The number of hydrogen-bond donors (Lipinski definition) is 1. The summed E-state index contributed by atoms with van der Waals surface area (Å²) >= 11 is 5.98. The Morgan fingerprint density at radius 1 is 1.23 bits per heavy atom. The number of nitrogens with one attached hydrogen (secondary N) is 1. The summed E-state index contributed by atoms with van der Waals surface area (Å²) in [5.41, 5.74) is 2.73. The molecular formula is C20H20ClNO4. The van der Waals surface area contributed by atoms with Crippen molar-refractivity contribution in [3.63, 3.8) is 0 Å². The van der Waals surface area contributed by atoms with Crippen LogP contribution in [0.3, 0.4) is 0 Å². The quantitative estimate of drug-likeness (QED) is 0.813. The average Bonchev–Trinajstić information content (AvgIpc) is 2.66. The fourth-order valence-electron chi connectivity index (χ4n) is 2.79. The van der Waals surface area contributed by atoms with Gasteiger partial charge >= 0.3 is 5.97 Å². The van der Waals surface area contributed by atoms with E-state index in [2.05, 4.69) is 12.2 Å². The number of aryl methyl sites for hydroxylation is 1. The molecule has 2 aromatic carbocycles. The maximum absolute atomic E-state index is 12.2. The molecule has 0 unspecified atom stereocenters. The van der Waals surface area contributed by atoms with Gasteiger partial charge in [-0.15, -0.1) is 0 Å². The molecule has 0 aliphatic carbocycles. The number of benzene rings is 2. The van der Waals surface area contributed by atoms with E-state index in [1.54, 1.807) is 18.2 Å². The molecule has 0 fully saturated rings.